The van der Waals surface area contributed by atoms with Gasteiger partial charge in [0.15, 0.2) is 0 Å². The molecule has 1 heterocycles. The molecule has 0 fully saturated rings. The van der Waals surface area contributed by atoms with Gasteiger partial charge in [0.1, 0.15) is 0 Å². The van der Waals surface area contributed by atoms with Gasteiger partial charge in [-0.15, -0.1) is 0 Å². The van der Waals surface area contributed by atoms with Crippen LogP contribution in [0.15, 0.2) is 72.5 Å². The molecule has 0 bridgehead atoms. The first-order chi connectivity index (χ1) is 9.27. The summed E-state index contributed by atoms with van der Waals surface area (Å²) >= 11 is 0. The minimum atomic E-state index is 1.02. The molecule has 0 aliphatic rings. The van der Waals surface area contributed by atoms with Crippen LogP contribution in [0.25, 0.3) is 16.8 Å². The number of rotatable bonds is 4. The lowest BCUT2D eigenvalue weighted by atomic mass is 9.98. The fourth-order valence-electron chi connectivity index (χ4n) is 2.09. The molecule has 0 saturated heterocycles. The minimum absolute atomic E-state index is 1.02. The van der Waals surface area contributed by atoms with E-state index in [1.807, 2.05) is 42.6 Å². The molecular weight excluding hydrogens is 232 g/mol. The Bertz CT molecular complexity index is 639. The lowest BCUT2D eigenvalue weighted by Crippen LogP contribution is -2.29. The first-order valence-corrected chi connectivity index (χ1v) is 6.14. The van der Waals surface area contributed by atoms with Crippen molar-refractivity contribution in [2.24, 2.45) is 5.10 Å². The van der Waals surface area contributed by atoms with Crippen molar-refractivity contribution in [2.45, 2.75) is 6.92 Å². The van der Waals surface area contributed by atoms with Gasteiger partial charge in [0.05, 0.1) is 12.3 Å². The topological polar surface area (TPSA) is 16.2 Å². The lowest BCUT2D eigenvalue weighted by Gasteiger charge is -2.07. The van der Waals surface area contributed by atoms with E-state index in [1.165, 1.54) is 11.1 Å². The first-order valence-electron chi connectivity index (χ1n) is 6.14. The number of pyridine rings is 1. The molecule has 1 aromatic heterocycles. The van der Waals surface area contributed by atoms with Crippen LogP contribution in [0, 0.1) is 0 Å². The van der Waals surface area contributed by atoms with Crippen LogP contribution in [0.5, 0.6) is 0 Å². The van der Waals surface area contributed by atoms with Crippen molar-refractivity contribution in [3.63, 3.8) is 0 Å². The number of nitrogens with zero attached hydrogens (tertiary/aromatic N) is 2. The van der Waals surface area contributed by atoms with Gasteiger partial charge >= 0.3 is 0 Å². The fraction of sp³-hybridized carbons (Fsp3) is 0.0588. The summed E-state index contributed by atoms with van der Waals surface area (Å²) in [6.45, 7) is 9.44. The second kappa shape index (κ2) is 5.91. The third kappa shape index (κ3) is 2.68. The molecule has 0 aliphatic carbocycles. The van der Waals surface area contributed by atoms with Crippen molar-refractivity contribution in [1.29, 1.82) is 0 Å². The summed E-state index contributed by atoms with van der Waals surface area (Å²) in [6.07, 6.45) is 5.70. The molecule has 2 nitrogen and oxygen atoms in total. The maximum absolute atomic E-state index is 4.02. The number of aromatic nitrogens is 1. The minimum Gasteiger partial charge on any atom is -0.0991 e. The molecule has 2 rings (SSSR count). The Hall–Kier alpha value is -2.48. The molecule has 0 spiro atoms. The number of hydrogen-bond acceptors (Lipinski definition) is 1. The van der Waals surface area contributed by atoms with Gasteiger partial charge in [0.25, 0.3) is 0 Å². The van der Waals surface area contributed by atoms with E-state index < -0.39 is 0 Å². The maximum atomic E-state index is 4.02. The Labute approximate surface area is 114 Å². The van der Waals surface area contributed by atoms with Crippen LogP contribution in [-0.2, 0) is 0 Å². The van der Waals surface area contributed by atoms with Crippen LogP contribution in [0.2, 0.25) is 0 Å². The van der Waals surface area contributed by atoms with E-state index in [-0.39, 0.29) is 0 Å². The molecule has 0 unspecified atom stereocenters. The van der Waals surface area contributed by atoms with Crippen LogP contribution in [0.4, 0.5) is 0 Å². The van der Waals surface area contributed by atoms with Crippen molar-refractivity contribution in [3.8, 4) is 11.3 Å². The number of benzene rings is 1. The van der Waals surface area contributed by atoms with E-state index in [2.05, 4.69) is 37.5 Å². The lowest BCUT2D eigenvalue weighted by molar-refractivity contribution is -0.666. The smallest absolute Gasteiger partial charge is 0.0991 e. The zero-order chi connectivity index (χ0) is 13.7. The quantitative estimate of drug-likeness (QED) is 0.446. The Morgan fingerprint density at radius 2 is 1.89 bits per heavy atom. The predicted octanol–water partition coefficient (Wildman–Crippen LogP) is 3.69. The maximum Gasteiger partial charge on any atom is 0.245 e. The molecule has 2 heteroatoms. The van der Waals surface area contributed by atoms with E-state index in [0.717, 1.165) is 11.3 Å². The van der Waals surface area contributed by atoms with Crippen molar-refractivity contribution in [2.75, 3.05) is 0 Å². The molecular formula is C17H17N2+. The fourth-order valence-corrected chi connectivity index (χ4v) is 2.09. The summed E-state index contributed by atoms with van der Waals surface area (Å²) in [7, 11) is 0. The molecule has 1 aromatic carbocycles. The van der Waals surface area contributed by atoms with Crippen LogP contribution in [0.1, 0.15) is 12.5 Å². The molecule has 0 N–H and O–H groups in total. The van der Waals surface area contributed by atoms with Gasteiger partial charge in [-0.1, -0.05) is 41.6 Å². The molecule has 2 aromatic rings. The second-order valence-corrected chi connectivity index (χ2v) is 4.20. The van der Waals surface area contributed by atoms with Crippen LogP contribution < -0.4 is 4.68 Å². The molecule has 19 heavy (non-hydrogen) atoms. The highest BCUT2D eigenvalue weighted by atomic mass is 15.3. The molecule has 0 aliphatic heterocycles. The largest absolute Gasteiger partial charge is 0.245 e. The summed E-state index contributed by atoms with van der Waals surface area (Å²) in [4.78, 5) is 0. The average Bonchev–Trinajstić information content (AvgIpc) is 2.47. The zero-order valence-corrected chi connectivity index (χ0v) is 11.1. The highest BCUT2D eigenvalue weighted by molar-refractivity contribution is 5.78. The molecule has 94 valence electrons. The normalized spacial score (nSPS) is 11.1. The Morgan fingerprint density at radius 3 is 2.63 bits per heavy atom. The van der Waals surface area contributed by atoms with E-state index >= 15 is 0 Å². The SMILES string of the molecule is C=C/C=C(\C)c1ccccc1-c1cccc[n+]1N=C. The molecule has 0 atom stereocenters. The van der Waals surface area contributed by atoms with Crippen LogP contribution in [-0.4, -0.2) is 6.72 Å². The Kier molecular flexibility index (Phi) is 4.04. The molecule has 0 radical (unpaired) electrons. The summed E-state index contributed by atoms with van der Waals surface area (Å²) in [6, 6.07) is 14.2. The van der Waals surface area contributed by atoms with Gasteiger partial charge in [-0.25, -0.2) is 0 Å². The van der Waals surface area contributed by atoms with Crippen LogP contribution in [0.3, 0.4) is 0 Å². The first kappa shape index (κ1) is 13.0. The van der Waals surface area contributed by atoms with Gasteiger partial charge in [0, 0.05) is 12.1 Å². The van der Waals surface area contributed by atoms with E-state index in [4.69, 9.17) is 0 Å². The highest BCUT2D eigenvalue weighted by Crippen LogP contribution is 2.26. The Morgan fingerprint density at radius 1 is 1.16 bits per heavy atom. The predicted molar refractivity (Wildman–Crippen MR) is 80.9 cm³/mol. The number of allylic oxidation sites excluding steroid dienone is 3. The standard InChI is InChI=1S/C17H17N2/c1-4-9-14(2)15-10-5-6-11-16(15)17-12-7-8-13-19(17)18-3/h4-13H,1,3H2,2H3/q+1/b14-9+. The van der Waals surface area contributed by atoms with E-state index in [1.54, 1.807) is 10.8 Å². The summed E-state index contributed by atoms with van der Waals surface area (Å²) in [5, 5.41) is 4.02. The van der Waals surface area contributed by atoms with Crippen molar-refractivity contribution < 1.29 is 4.68 Å². The van der Waals surface area contributed by atoms with Gasteiger partial charge in [-0.05, 0) is 35.3 Å². The second-order valence-electron chi connectivity index (χ2n) is 4.20. The molecule has 0 amide bonds. The number of hydrogen-bond donors (Lipinski definition) is 0. The summed E-state index contributed by atoms with van der Waals surface area (Å²) < 4.78 is 1.78. The Balaban J connectivity index is 2.66. The third-order valence-electron chi connectivity index (χ3n) is 2.99. The van der Waals surface area contributed by atoms with Gasteiger partial charge in [0.2, 0.25) is 11.9 Å². The highest BCUT2D eigenvalue weighted by Gasteiger charge is 2.15. The monoisotopic (exact) mass is 249 g/mol. The van der Waals surface area contributed by atoms with Crippen molar-refractivity contribution in [3.05, 3.63) is 73.0 Å². The molecule has 0 saturated carbocycles. The van der Waals surface area contributed by atoms with E-state index in [0.29, 0.717) is 0 Å². The van der Waals surface area contributed by atoms with Gasteiger partial charge < -0.3 is 0 Å². The van der Waals surface area contributed by atoms with E-state index in [9.17, 15) is 0 Å². The van der Waals surface area contributed by atoms with Gasteiger partial charge in [-0.2, -0.15) is 0 Å². The van der Waals surface area contributed by atoms with Crippen molar-refractivity contribution in [1.82, 2.24) is 0 Å². The van der Waals surface area contributed by atoms with Gasteiger partial charge in [-0.3, -0.25) is 0 Å². The van der Waals surface area contributed by atoms with Crippen LogP contribution >= 0.6 is 0 Å². The summed E-state index contributed by atoms with van der Waals surface area (Å²) in [5.41, 5.74) is 4.49. The van der Waals surface area contributed by atoms with Crippen molar-refractivity contribution >= 4 is 12.3 Å². The zero-order valence-electron chi connectivity index (χ0n) is 11.1. The summed E-state index contributed by atoms with van der Waals surface area (Å²) in [5.74, 6) is 0. The third-order valence-corrected chi connectivity index (χ3v) is 2.99. The average molecular weight is 249 g/mol.